The molecule has 1 aromatic carbocycles. The van der Waals surface area contributed by atoms with Crippen LogP contribution in [0.25, 0.3) is 0 Å². The lowest BCUT2D eigenvalue weighted by Crippen LogP contribution is -2.01. The van der Waals surface area contributed by atoms with Crippen LogP contribution in [-0.4, -0.2) is 19.1 Å². The van der Waals surface area contributed by atoms with E-state index in [0.29, 0.717) is 42.6 Å². The number of benzene rings is 1. The molecule has 0 atom stereocenters. The third kappa shape index (κ3) is 4.08. The second kappa shape index (κ2) is 7.38. The summed E-state index contributed by atoms with van der Waals surface area (Å²) in [5.74, 6) is 1.32. The van der Waals surface area contributed by atoms with Gasteiger partial charge in [-0.2, -0.15) is 0 Å². The highest BCUT2D eigenvalue weighted by Gasteiger charge is 2.11. The summed E-state index contributed by atoms with van der Waals surface area (Å²) in [7, 11) is 0. The minimum absolute atomic E-state index is 0.262. The monoisotopic (exact) mass is 260 g/mol. The maximum absolute atomic E-state index is 13.7. The number of alkyl halides is 1. The van der Waals surface area contributed by atoms with Gasteiger partial charge in [0.1, 0.15) is 5.82 Å². The molecule has 0 saturated carbocycles. The van der Waals surface area contributed by atoms with Crippen molar-refractivity contribution in [2.24, 2.45) is 0 Å². The molecule has 0 aliphatic carbocycles. The molecule has 2 nitrogen and oxygen atoms in total. The lowest BCUT2D eigenvalue weighted by atomic mass is 10.1. The average Bonchev–Trinajstić information content (AvgIpc) is 2.31. The van der Waals surface area contributed by atoms with Crippen LogP contribution in [0.4, 0.5) is 4.39 Å². The molecular formula is C13H18ClFO2. The van der Waals surface area contributed by atoms with Crippen molar-refractivity contribution in [1.82, 2.24) is 0 Å². The zero-order valence-corrected chi connectivity index (χ0v) is 11.0. The summed E-state index contributed by atoms with van der Waals surface area (Å²) in [5.41, 5.74) is 0.623. The van der Waals surface area contributed by atoms with Gasteiger partial charge in [0, 0.05) is 11.9 Å². The molecule has 0 bridgehead atoms. The summed E-state index contributed by atoms with van der Waals surface area (Å²) in [6, 6.07) is 3.09. The highest BCUT2D eigenvalue weighted by molar-refractivity contribution is 6.17. The van der Waals surface area contributed by atoms with Gasteiger partial charge in [0.2, 0.25) is 0 Å². The van der Waals surface area contributed by atoms with Gasteiger partial charge in [0.15, 0.2) is 11.5 Å². The van der Waals surface area contributed by atoms with Gasteiger partial charge in [0.25, 0.3) is 0 Å². The number of halogens is 2. The van der Waals surface area contributed by atoms with E-state index < -0.39 is 0 Å². The van der Waals surface area contributed by atoms with Crippen LogP contribution in [-0.2, 0) is 6.42 Å². The molecule has 0 N–H and O–H groups in total. The summed E-state index contributed by atoms with van der Waals surface area (Å²) in [6.07, 6.45) is 1.36. The van der Waals surface area contributed by atoms with Gasteiger partial charge in [-0.3, -0.25) is 0 Å². The molecule has 1 aromatic rings. The van der Waals surface area contributed by atoms with Crippen molar-refractivity contribution >= 4 is 11.6 Å². The maximum Gasteiger partial charge on any atom is 0.164 e. The molecule has 0 radical (unpaired) electrons. The van der Waals surface area contributed by atoms with Crippen LogP contribution in [0.1, 0.15) is 25.8 Å². The van der Waals surface area contributed by atoms with Gasteiger partial charge in [0.05, 0.1) is 13.2 Å². The fourth-order valence-corrected chi connectivity index (χ4v) is 1.70. The largest absolute Gasteiger partial charge is 0.490 e. The van der Waals surface area contributed by atoms with Gasteiger partial charge in [-0.15, -0.1) is 11.6 Å². The Labute approximate surface area is 107 Å². The molecule has 0 aliphatic heterocycles. The molecule has 0 aliphatic rings. The highest BCUT2D eigenvalue weighted by atomic mass is 35.5. The Morgan fingerprint density at radius 2 is 1.71 bits per heavy atom. The van der Waals surface area contributed by atoms with Crippen LogP contribution in [0.2, 0.25) is 0 Å². The number of aryl methyl sites for hydroxylation is 1. The van der Waals surface area contributed by atoms with E-state index in [9.17, 15) is 4.39 Å². The molecule has 96 valence electrons. The van der Waals surface area contributed by atoms with Crippen LogP contribution in [0.3, 0.4) is 0 Å². The van der Waals surface area contributed by atoms with Crippen molar-refractivity contribution < 1.29 is 13.9 Å². The molecule has 0 amide bonds. The van der Waals surface area contributed by atoms with Crippen LogP contribution in [0.15, 0.2) is 12.1 Å². The molecule has 4 heteroatoms. The highest BCUT2D eigenvalue weighted by Crippen LogP contribution is 2.31. The second-order valence-corrected chi connectivity index (χ2v) is 3.93. The van der Waals surface area contributed by atoms with Crippen LogP contribution < -0.4 is 9.47 Å². The van der Waals surface area contributed by atoms with Crippen LogP contribution >= 0.6 is 11.6 Å². The van der Waals surface area contributed by atoms with Gasteiger partial charge >= 0.3 is 0 Å². The van der Waals surface area contributed by atoms with Crippen molar-refractivity contribution in [1.29, 1.82) is 0 Å². The summed E-state index contributed by atoms with van der Waals surface area (Å²) < 4.78 is 24.5. The van der Waals surface area contributed by atoms with E-state index in [2.05, 4.69) is 0 Å². The Balaban J connectivity index is 2.96. The molecule has 0 unspecified atom stereocenters. The van der Waals surface area contributed by atoms with E-state index in [1.807, 2.05) is 13.8 Å². The SMILES string of the molecule is CCOc1cc(F)c(CCCCl)cc1OCC. The summed E-state index contributed by atoms with van der Waals surface area (Å²) in [4.78, 5) is 0. The summed E-state index contributed by atoms with van der Waals surface area (Å²) in [5, 5.41) is 0. The third-order valence-electron chi connectivity index (χ3n) is 2.29. The standard InChI is InChI=1S/C13H18ClFO2/c1-3-16-12-8-10(6-5-7-14)11(15)9-13(12)17-4-2/h8-9H,3-7H2,1-2H3. The average molecular weight is 261 g/mol. The van der Waals surface area contributed by atoms with E-state index in [1.54, 1.807) is 6.07 Å². The Kier molecular flexibility index (Phi) is 6.12. The summed E-state index contributed by atoms with van der Waals surface area (Å²) in [6.45, 7) is 4.76. The number of hydrogen-bond donors (Lipinski definition) is 0. The first-order valence-corrected chi connectivity index (χ1v) is 6.40. The lowest BCUT2D eigenvalue weighted by molar-refractivity contribution is 0.285. The predicted octanol–water partition coefficient (Wildman–Crippen LogP) is 3.79. The first-order valence-electron chi connectivity index (χ1n) is 5.86. The van der Waals surface area contributed by atoms with Crippen LogP contribution in [0.5, 0.6) is 11.5 Å². The normalized spacial score (nSPS) is 10.4. The Hall–Kier alpha value is -0.960. The Morgan fingerprint density at radius 1 is 1.12 bits per heavy atom. The molecule has 17 heavy (non-hydrogen) atoms. The first kappa shape index (κ1) is 14.1. The van der Waals surface area contributed by atoms with Gasteiger partial charge in [-0.05, 0) is 38.3 Å². The van der Waals surface area contributed by atoms with Crippen molar-refractivity contribution in [3.05, 3.63) is 23.5 Å². The van der Waals surface area contributed by atoms with Crippen LogP contribution in [0, 0.1) is 5.82 Å². The fourth-order valence-electron chi connectivity index (χ4n) is 1.56. The molecule has 0 saturated heterocycles. The zero-order chi connectivity index (χ0) is 12.7. The topological polar surface area (TPSA) is 18.5 Å². The molecule has 1 rings (SSSR count). The van der Waals surface area contributed by atoms with Crippen molar-refractivity contribution in [2.45, 2.75) is 26.7 Å². The molecular weight excluding hydrogens is 243 g/mol. The van der Waals surface area contributed by atoms with Gasteiger partial charge in [-0.25, -0.2) is 4.39 Å². The Bertz CT molecular complexity index is 356. The lowest BCUT2D eigenvalue weighted by Gasteiger charge is -2.13. The zero-order valence-electron chi connectivity index (χ0n) is 10.3. The van der Waals surface area contributed by atoms with E-state index in [-0.39, 0.29) is 5.82 Å². The quantitative estimate of drug-likeness (QED) is 0.695. The number of rotatable bonds is 7. The minimum Gasteiger partial charge on any atom is -0.490 e. The first-order chi connectivity index (χ1) is 8.22. The van der Waals surface area contributed by atoms with Crippen molar-refractivity contribution in [3.63, 3.8) is 0 Å². The third-order valence-corrected chi connectivity index (χ3v) is 2.56. The molecule has 0 heterocycles. The fraction of sp³-hybridized carbons (Fsp3) is 0.538. The maximum atomic E-state index is 13.7. The van der Waals surface area contributed by atoms with E-state index in [0.717, 1.165) is 6.42 Å². The number of hydrogen-bond acceptors (Lipinski definition) is 2. The molecule has 0 fully saturated rings. The molecule has 0 aromatic heterocycles. The Morgan fingerprint density at radius 3 is 2.24 bits per heavy atom. The van der Waals surface area contributed by atoms with E-state index >= 15 is 0 Å². The minimum atomic E-state index is -0.262. The second-order valence-electron chi connectivity index (χ2n) is 3.55. The van der Waals surface area contributed by atoms with Crippen molar-refractivity contribution in [2.75, 3.05) is 19.1 Å². The molecule has 0 spiro atoms. The van der Waals surface area contributed by atoms with E-state index in [4.69, 9.17) is 21.1 Å². The van der Waals surface area contributed by atoms with Gasteiger partial charge < -0.3 is 9.47 Å². The predicted molar refractivity (Wildman–Crippen MR) is 67.8 cm³/mol. The number of ether oxygens (including phenoxy) is 2. The smallest absolute Gasteiger partial charge is 0.164 e. The van der Waals surface area contributed by atoms with Crippen molar-refractivity contribution in [3.8, 4) is 11.5 Å². The van der Waals surface area contributed by atoms with E-state index in [1.165, 1.54) is 6.07 Å². The van der Waals surface area contributed by atoms with Gasteiger partial charge in [-0.1, -0.05) is 0 Å². The summed E-state index contributed by atoms with van der Waals surface area (Å²) >= 11 is 5.61.